The van der Waals surface area contributed by atoms with Gasteiger partial charge < -0.3 is 10.9 Å². The molecule has 0 aliphatic heterocycles. The van der Waals surface area contributed by atoms with E-state index in [1.54, 1.807) is 6.07 Å². The van der Waals surface area contributed by atoms with Crippen molar-refractivity contribution >= 4 is 12.4 Å². The van der Waals surface area contributed by atoms with Gasteiger partial charge in [0, 0.05) is 0 Å². The standard InChI is InChI=1S/C9H8F2O.ClH.H3N/c1-12-7-3-2-5-4-6(5)8(7)9(10)11;;/h2-3,9H,4H2,1H3;1H;1H3. The Morgan fingerprint density at radius 2 is 2.00 bits per heavy atom. The van der Waals surface area contributed by atoms with E-state index in [1.165, 1.54) is 7.11 Å². The molecule has 2 nitrogen and oxygen atoms in total. The fourth-order valence-corrected chi connectivity index (χ4v) is 1.41. The van der Waals surface area contributed by atoms with Crippen LogP contribution in [0.2, 0.25) is 0 Å². The molecule has 0 saturated carbocycles. The molecule has 0 amide bonds. The Hall–Kier alpha value is -0.870. The molecule has 14 heavy (non-hydrogen) atoms. The first kappa shape index (κ1) is 13.1. The number of ether oxygens (including phenoxy) is 1. The van der Waals surface area contributed by atoms with Crippen LogP contribution in [0.4, 0.5) is 8.78 Å². The van der Waals surface area contributed by atoms with Crippen LogP contribution in [0.25, 0.3) is 0 Å². The number of fused-ring (bicyclic) bond motifs is 1. The van der Waals surface area contributed by atoms with Crippen LogP contribution < -0.4 is 10.9 Å². The van der Waals surface area contributed by atoms with Crippen LogP contribution in [0.15, 0.2) is 12.1 Å². The van der Waals surface area contributed by atoms with E-state index >= 15 is 0 Å². The maximum Gasteiger partial charge on any atom is 0.267 e. The number of methoxy groups -OCH3 is 1. The Labute approximate surface area is 87.3 Å². The quantitative estimate of drug-likeness (QED) is 0.850. The fraction of sp³-hybridized carbons (Fsp3) is 0.333. The van der Waals surface area contributed by atoms with Crippen LogP contribution >= 0.6 is 12.4 Å². The molecule has 80 valence electrons. The molecular weight excluding hydrogens is 212 g/mol. The lowest BCUT2D eigenvalue weighted by molar-refractivity contribution is 0.147. The van der Waals surface area contributed by atoms with Crippen molar-refractivity contribution in [3.8, 4) is 5.75 Å². The zero-order valence-corrected chi connectivity index (χ0v) is 8.54. The number of benzene rings is 1. The summed E-state index contributed by atoms with van der Waals surface area (Å²) in [5.41, 5.74) is 1.87. The van der Waals surface area contributed by atoms with Crippen molar-refractivity contribution in [2.45, 2.75) is 12.8 Å². The summed E-state index contributed by atoms with van der Waals surface area (Å²) in [6.07, 6.45) is -1.72. The molecular formula is C9H12ClF2NO. The lowest BCUT2D eigenvalue weighted by Crippen LogP contribution is -1.91. The predicted molar refractivity (Wildman–Crippen MR) is 53.0 cm³/mol. The van der Waals surface area contributed by atoms with E-state index in [1.807, 2.05) is 6.07 Å². The number of alkyl halides is 2. The van der Waals surface area contributed by atoms with Gasteiger partial charge in [0.1, 0.15) is 5.75 Å². The van der Waals surface area contributed by atoms with E-state index in [4.69, 9.17) is 4.74 Å². The topological polar surface area (TPSA) is 44.2 Å². The van der Waals surface area contributed by atoms with Gasteiger partial charge in [-0.2, -0.15) is 0 Å². The summed E-state index contributed by atoms with van der Waals surface area (Å²) < 4.78 is 29.7. The average molecular weight is 224 g/mol. The molecule has 5 heteroatoms. The van der Waals surface area contributed by atoms with Crippen LogP contribution in [-0.2, 0) is 6.42 Å². The van der Waals surface area contributed by atoms with E-state index in [-0.39, 0.29) is 24.1 Å². The van der Waals surface area contributed by atoms with Gasteiger partial charge in [0.15, 0.2) is 0 Å². The molecule has 0 heterocycles. The Kier molecular flexibility index (Phi) is 4.29. The Balaban J connectivity index is 0.000000845. The van der Waals surface area contributed by atoms with Crippen molar-refractivity contribution in [3.05, 3.63) is 28.8 Å². The predicted octanol–water partition coefficient (Wildman–Crippen LogP) is 3.12. The number of rotatable bonds is 2. The third kappa shape index (κ3) is 1.96. The molecule has 0 bridgehead atoms. The lowest BCUT2D eigenvalue weighted by Gasteiger charge is -2.05. The molecule has 1 aromatic rings. The maximum atomic E-state index is 12.4. The van der Waals surface area contributed by atoms with Crippen LogP contribution in [0.5, 0.6) is 5.75 Å². The molecule has 0 aromatic heterocycles. The van der Waals surface area contributed by atoms with Gasteiger partial charge in [0.05, 0.1) is 12.7 Å². The first-order valence-electron chi connectivity index (χ1n) is 3.71. The summed E-state index contributed by atoms with van der Waals surface area (Å²) in [7, 11) is 1.41. The minimum absolute atomic E-state index is 0. The van der Waals surface area contributed by atoms with Crippen molar-refractivity contribution in [1.29, 1.82) is 0 Å². The zero-order valence-electron chi connectivity index (χ0n) is 7.72. The molecule has 0 atom stereocenters. The van der Waals surface area contributed by atoms with Crippen LogP contribution in [-0.4, -0.2) is 7.11 Å². The van der Waals surface area contributed by atoms with Gasteiger partial charge in [-0.25, -0.2) is 8.78 Å². The van der Waals surface area contributed by atoms with E-state index in [0.717, 1.165) is 11.1 Å². The fourth-order valence-electron chi connectivity index (χ4n) is 1.41. The van der Waals surface area contributed by atoms with Crippen LogP contribution in [0.1, 0.15) is 23.1 Å². The highest BCUT2D eigenvalue weighted by Crippen LogP contribution is 2.42. The van der Waals surface area contributed by atoms with Crippen molar-refractivity contribution < 1.29 is 13.5 Å². The molecule has 2 rings (SSSR count). The summed E-state index contributed by atoms with van der Waals surface area (Å²) in [6.45, 7) is 0. The zero-order chi connectivity index (χ0) is 8.72. The Bertz CT molecular complexity index is 331. The molecule has 0 unspecified atom stereocenters. The second kappa shape index (κ2) is 4.57. The van der Waals surface area contributed by atoms with E-state index < -0.39 is 6.43 Å². The maximum absolute atomic E-state index is 12.4. The summed E-state index contributed by atoms with van der Waals surface area (Å²) in [4.78, 5) is 0. The molecule has 1 aliphatic rings. The van der Waals surface area contributed by atoms with Gasteiger partial charge in [-0.05, 0) is 23.6 Å². The minimum Gasteiger partial charge on any atom is -0.496 e. The largest absolute Gasteiger partial charge is 0.496 e. The highest BCUT2D eigenvalue weighted by atomic mass is 35.5. The molecule has 1 aliphatic carbocycles. The van der Waals surface area contributed by atoms with Crippen LogP contribution in [0, 0.1) is 0 Å². The Morgan fingerprint density at radius 3 is 2.50 bits per heavy atom. The van der Waals surface area contributed by atoms with Gasteiger partial charge in [0.2, 0.25) is 0 Å². The van der Waals surface area contributed by atoms with Gasteiger partial charge in [0.25, 0.3) is 6.43 Å². The number of hydrogen-bond donors (Lipinski definition) is 1. The minimum atomic E-state index is -2.42. The van der Waals surface area contributed by atoms with Gasteiger partial charge in [-0.15, -0.1) is 12.4 Å². The molecule has 0 spiro atoms. The van der Waals surface area contributed by atoms with E-state index in [9.17, 15) is 8.78 Å². The summed E-state index contributed by atoms with van der Waals surface area (Å²) in [5, 5.41) is 0. The monoisotopic (exact) mass is 223 g/mol. The summed E-state index contributed by atoms with van der Waals surface area (Å²) >= 11 is 0. The molecule has 3 N–H and O–H groups in total. The van der Waals surface area contributed by atoms with Crippen molar-refractivity contribution in [3.63, 3.8) is 0 Å². The second-order valence-corrected chi connectivity index (χ2v) is 2.80. The van der Waals surface area contributed by atoms with Gasteiger partial charge >= 0.3 is 0 Å². The second-order valence-electron chi connectivity index (χ2n) is 2.80. The van der Waals surface area contributed by atoms with Crippen molar-refractivity contribution in [2.75, 3.05) is 7.11 Å². The third-order valence-corrected chi connectivity index (χ3v) is 2.09. The van der Waals surface area contributed by atoms with Crippen LogP contribution in [0.3, 0.4) is 0 Å². The molecule has 0 fully saturated rings. The smallest absolute Gasteiger partial charge is 0.267 e. The highest BCUT2D eigenvalue weighted by Gasteiger charge is 2.28. The SMILES string of the molecule is COc1ccc2c(c1C(F)F)C2.Cl.N. The van der Waals surface area contributed by atoms with E-state index in [0.29, 0.717) is 12.2 Å². The molecule has 0 saturated heterocycles. The highest BCUT2D eigenvalue weighted by molar-refractivity contribution is 5.85. The number of hydrogen-bond acceptors (Lipinski definition) is 2. The van der Waals surface area contributed by atoms with E-state index in [2.05, 4.69) is 0 Å². The third-order valence-electron chi connectivity index (χ3n) is 2.09. The molecule has 0 radical (unpaired) electrons. The van der Waals surface area contributed by atoms with Gasteiger partial charge in [-0.3, -0.25) is 0 Å². The lowest BCUT2D eigenvalue weighted by atomic mass is 10.2. The van der Waals surface area contributed by atoms with Crippen molar-refractivity contribution in [1.82, 2.24) is 6.15 Å². The number of halogens is 3. The van der Waals surface area contributed by atoms with Gasteiger partial charge in [-0.1, -0.05) is 6.07 Å². The first-order valence-corrected chi connectivity index (χ1v) is 3.71. The first-order chi connectivity index (χ1) is 5.74. The molecule has 1 aromatic carbocycles. The normalized spacial score (nSPS) is 11.1. The average Bonchev–Trinajstić information content (AvgIpc) is 2.79. The summed E-state index contributed by atoms with van der Waals surface area (Å²) in [6, 6.07) is 3.44. The Morgan fingerprint density at radius 1 is 1.36 bits per heavy atom. The van der Waals surface area contributed by atoms with Crippen molar-refractivity contribution in [2.24, 2.45) is 0 Å². The summed E-state index contributed by atoms with van der Waals surface area (Å²) in [5.74, 6) is 0.307.